The Hall–Kier alpha value is -0.660. The van der Waals surface area contributed by atoms with Crippen LogP contribution in [-0.4, -0.2) is 58.2 Å². The Balaban J connectivity index is 1.59. The molecule has 22 heavy (non-hydrogen) atoms. The van der Waals surface area contributed by atoms with Crippen molar-refractivity contribution in [2.75, 3.05) is 39.3 Å². The van der Waals surface area contributed by atoms with Crippen LogP contribution in [0.5, 0.6) is 0 Å². The third-order valence-electron chi connectivity index (χ3n) is 4.42. The van der Waals surface area contributed by atoms with Crippen molar-refractivity contribution < 1.29 is 18.1 Å². The van der Waals surface area contributed by atoms with E-state index in [9.17, 15) is 8.42 Å². The maximum Gasteiger partial charge on any atom is 0.243 e. The van der Waals surface area contributed by atoms with E-state index in [4.69, 9.17) is 16.3 Å². The Morgan fingerprint density at radius 3 is 2.50 bits per heavy atom. The molecule has 1 atom stereocenters. The molecule has 1 N–H and O–H groups in total. The average Bonchev–Trinajstić information content (AvgIpc) is 3.01. The van der Waals surface area contributed by atoms with Gasteiger partial charge in [0.2, 0.25) is 10.0 Å². The number of piperazine rings is 1. The molecular formula is C15H22ClN2O3S+. The zero-order valence-electron chi connectivity index (χ0n) is 12.5. The van der Waals surface area contributed by atoms with Gasteiger partial charge in [0.1, 0.15) is 12.6 Å². The van der Waals surface area contributed by atoms with Crippen molar-refractivity contribution in [3.8, 4) is 0 Å². The fourth-order valence-electron chi connectivity index (χ4n) is 3.13. The molecule has 2 heterocycles. The molecular weight excluding hydrogens is 324 g/mol. The number of nitrogens with one attached hydrogen (secondary N) is 1. The molecule has 2 saturated heterocycles. The summed E-state index contributed by atoms with van der Waals surface area (Å²) in [6, 6.07) is 6.38. The Morgan fingerprint density at radius 2 is 1.91 bits per heavy atom. The minimum absolute atomic E-state index is 0.319. The first kappa shape index (κ1) is 16.2. The molecule has 7 heteroatoms. The molecule has 0 saturated carbocycles. The van der Waals surface area contributed by atoms with Crippen molar-refractivity contribution in [2.24, 2.45) is 0 Å². The monoisotopic (exact) mass is 345 g/mol. The first-order chi connectivity index (χ1) is 10.6. The van der Waals surface area contributed by atoms with Crippen molar-refractivity contribution in [2.45, 2.75) is 23.8 Å². The molecule has 0 spiro atoms. The van der Waals surface area contributed by atoms with Crippen LogP contribution in [0.2, 0.25) is 5.02 Å². The lowest BCUT2D eigenvalue weighted by Crippen LogP contribution is -3.15. The Morgan fingerprint density at radius 1 is 1.23 bits per heavy atom. The number of benzene rings is 1. The van der Waals surface area contributed by atoms with E-state index in [-0.39, 0.29) is 0 Å². The minimum atomic E-state index is -3.40. The molecule has 0 bridgehead atoms. The summed E-state index contributed by atoms with van der Waals surface area (Å²) in [5, 5.41) is 0.546. The Kier molecular flexibility index (Phi) is 5.04. The Labute approximate surface area is 136 Å². The van der Waals surface area contributed by atoms with Crippen LogP contribution < -0.4 is 4.90 Å². The van der Waals surface area contributed by atoms with Crippen molar-refractivity contribution >= 4 is 21.6 Å². The van der Waals surface area contributed by atoms with E-state index in [0.29, 0.717) is 29.1 Å². The summed E-state index contributed by atoms with van der Waals surface area (Å²) in [7, 11) is -3.40. The maximum atomic E-state index is 12.6. The smallest absolute Gasteiger partial charge is 0.243 e. The summed E-state index contributed by atoms with van der Waals surface area (Å²) >= 11 is 5.82. The van der Waals surface area contributed by atoms with E-state index in [1.165, 1.54) is 4.90 Å². The van der Waals surface area contributed by atoms with E-state index >= 15 is 0 Å². The molecule has 3 rings (SSSR count). The van der Waals surface area contributed by atoms with E-state index in [1.54, 1.807) is 28.6 Å². The van der Waals surface area contributed by atoms with Crippen LogP contribution in [0.25, 0.3) is 0 Å². The predicted octanol–water partition coefficient (Wildman–Crippen LogP) is 0.408. The third-order valence-corrected chi connectivity index (χ3v) is 6.59. The van der Waals surface area contributed by atoms with E-state index in [0.717, 1.165) is 39.1 Å². The second-order valence-electron chi connectivity index (χ2n) is 5.95. The maximum absolute atomic E-state index is 12.6. The molecule has 2 fully saturated rings. The topological polar surface area (TPSA) is 51.0 Å². The van der Waals surface area contributed by atoms with Crippen LogP contribution in [-0.2, 0) is 14.8 Å². The molecule has 0 unspecified atom stereocenters. The minimum Gasteiger partial charge on any atom is -0.372 e. The summed E-state index contributed by atoms with van der Waals surface area (Å²) in [5.41, 5.74) is 0. The predicted molar refractivity (Wildman–Crippen MR) is 84.7 cm³/mol. The fourth-order valence-corrected chi connectivity index (χ4v) is 4.70. The number of sulfonamides is 1. The van der Waals surface area contributed by atoms with Crippen molar-refractivity contribution in [3.63, 3.8) is 0 Å². The first-order valence-electron chi connectivity index (χ1n) is 7.76. The summed E-state index contributed by atoms with van der Waals surface area (Å²) in [4.78, 5) is 1.76. The second-order valence-corrected chi connectivity index (χ2v) is 8.32. The first-order valence-corrected chi connectivity index (χ1v) is 9.58. The lowest BCUT2D eigenvalue weighted by atomic mass is 10.2. The Bertz CT molecular complexity index is 592. The standard InChI is InChI=1S/C15H21ClN2O3S/c16-13-3-5-15(6-4-13)22(19,20)18-9-7-17(8-10-18)12-14-2-1-11-21-14/h3-6,14H,1-2,7-12H2/p+1/t14-/m1/s1. The number of nitrogens with zero attached hydrogens (tertiary/aromatic N) is 1. The van der Waals surface area contributed by atoms with Gasteiger partial charge in [0, 0.05) is 11.6 Å². The van der Waals surface area contributed by atoms with Gasteiger partial charge >= 0.3 is 0 Å². The van der Waals surface area contributed by atoms with Crippen molar-refractivity contribution in [1.29, 1.82) is 0 Å². The third kappa shape index (κ3) is 3.63. The van der Waals surface area contributed by atoms with Crippen LogP contribution in [0.4, 0.5) is 0 Å². The summed E-state index contributed by atoms with van der Waals surface area (Å²) < 4.78 is 32.4. The molecule has 122 valence electrons. The summed E-state index contributed by atoms with van der Waals surface area (Å²) in [6.45, 7) is 4.67. The highest BCUT2D eigenvalue weighted by Gasteiger charge is 2.32. The van der Waals surface area contributed by atoms with Crippen LogP contribution in [0.3, 0.4) is 0 Å². The van der Waals surface area contributed by atoms with Gasteiger partial charge < -0.3 is 9.64 Å². The highest BCUT2D eigenvalue weighted by Crippen LogP contribution is 2.18. The molecule has 0 aromatic heterocycles. The highest BCUT2D eigenvalue weighted by molar-refractivity contribution is 7.89. The quantitative estimate of drug-likeness (QED) is 0.860. The van der Waals surface area contributed by atoms with Crippen molar-refractivity contribution in [1.82, 2.24) is 4.31 Å². The van der Waals surface area contributed by atoms with Gasteiger partial charge in [-0.3, -0.25) is 0 Å². The van der Waals surface area contributed by atoms with E-state index < -0.39 is 10.0 Å². The average molecular weight is 346 g/mol. The van der Waals surface area contributed by atoms with Gasteiger partial charge in [0.25, 0.3) is 0 Å². The van der Waals surface area contributed by atoms with Gasteiger partial charge in [0.05, 0.1) is 31.1 Å². The molecule has 5 nitrogen and oxygen atoms in total. The van der Waals surface area contributed by atoms with E-state index in [2.05, 4.69) is 0 Å². The largest absolute Gasteiger partial charge is 0.372 e. The van der Waals surface area contributed by atoms with Crippen LogP contribution in [0, 0.1) is 0 Å². The van der Waals surface area contributed by atoms with Gasteiger partial charge in [0.15, 0.2) is 0 Å². The van der Waals surface area contributed by atoms with Gasteiger partial charge in [-0.25, -0.2) is 8.42 Å². The van der Waals surface area contributed by atoms with E-state index in [1.807, 2.05) is 0 Å². The SMILES string of the molecule is O=S(=O)(c1ccc(Cl)cc1)N1CC[NH+](C[C@H]2CCCO2)CC1. The number of quaternary nitrogens is 1. The van der Waals surface area contributed by atoms with Gasteiger partial charge in [-0.1, -0.05) is 11.6 Å². The summed E-state index contributed by atoms with van der Waals surface area (Å²) in [6.07, 6.45) is 2.64. The number of hydrogen-bond acceptors (Lipinski definition) is 3. The fraction of sp³-hybridized carbons (Fsp3) is 0.600. The molecule has 0 radical (unpaired) electrons. The highest BCUT2D eigenvalue weighted by atomic mass is 35.5. The van der Waals surface area contributed by atoms with Crippen LogP contribution in [0.15, 0.2) is 29.2 Å². The molecule has 2 aliphatic heterocycles. The van der Waals surface area contributed by atoms with Gasteiger partial charge in [-0.15, -0.1) is 0 Å². The zero-order chi connectivity index (χ0) is 15.6. The molecule has 1 aromatic rings. The van der Waals surface area contributed by atoms with Gasteiger partial charge in [-0.05, 0) is 37.1 Å². The number of rotatable bonds is 4. The lowest BCUT2D eigenvalue weighted by molar-refractivity contribution is -0.906. The summed E-state index contributed by atoms with van der Waals surface area (Å²) in [5.74, 6) is 0. The second kappa shape index (κ2) is 6.84. The molecule has 2 aliphatic rings. The number of ether oxygens (including phenoxy) is 1. The lowest BCUT2D eigenvalue weighted by Gasteiger charge is -2.32. The zero-order valence-corrected chi connectivity index (χ0v) is 14.1. The molecule has 0 aliphatic carbocycles. The van der Waals surface area contributed by atoms with Crippen molar-refractivity contribution in [3.05, 3.63) is 29.3 Å². The number of halogens is 1. The van der Waals surface area contributed by atoms with Gasteiger partial charge in [-0.2, -0.15) is 4.31 Å². The van der Waals surface area contributed by atoms with Crippen LogP contribution in [0.1, 0.15) is 12.8 Å². The molecule has 0 amide bonds. The normalized spacial score (nSPS) is 24.7. The molecule has 1 aromatic carbocycles. The number of hydrogen-bond donors (Lipinski definition) is 1. The van der Waals surface area contributed by atoms with Crippen LogP contribution >= 0.6 is 11.6 Å².